The summed E-state index contributed by atoms with van der Waals surface area (Å²) in [7, 11) is -3.42. The molecule has 0 radical (unpaired) electrons. The number of Topliss-reactive ketones (excluding diaryl/α,β-unsaturated/α-hetero) is 1. The van der Waals surface area contributed by atoms with Crippen molar-refractivity contribution in [2.75, 3.05) is 18.8 Å². The summed E-state index contributed by atoms with van der Waals surface area (Å²) in [6.07, 6.45) is -1.33. The predicted octanol–water partition coefficient (Wildman–Crippen LogP) is 3.16. The molecule has 0 bridgehead atoms. The minimum Gasteiger partial charge on any atom is -0.346 e. The van der Waals surface area contributed by atoms with Crippen LogP contribution >= 0.6 is 0 Å². The largest absolute Gasteiger partial charge is 0.389 e. The topological polar surface area (TPSA) is 171 Å². The van der Waals surface area contributed by atoms with Crippen molar-refractivity contribution < 1.29 is 45.6 Å². The van der Waals surface area contributed by atoms with E-state index in [9.17, 15) is 45.6 Å². The molecule has 6 atom stereocenters. The van der Waals surface area contributed by atoms with Crippen molar-refractivity contribution in [1.29, 1.82) is 0 Å². The lowest BCUT2D eigenvalue weighted by Crippen LogP contribution is -2.65. The molecule has 50 heavy (non-hydrogen) atoms. The van der Waals surface area contributed by atoms with Gasteiger partial charge in [-0.05, 0) is 54.8 Å². The quantitative estimate of drug-likeness (QED) is 0.177. The van der Waals surface area contributed by atoms with Crippen molar-refractivity contribution in [3.63, 3.8) is 0 Å². The average Bonchev–Trinajstić information content (AvgIpc) is 3.33. The Labute approximate surface area is 292 Å². The number of hydrogen-bond acceptors (Lipinski definition) is 7. The summed E-state index contributed by atoms with van der Waals surface area (Å²) in [4.78, 5) is 68.7. The van der Waals surface area contributed by atoms with Gasteiger partial charge in [0.2, 0.25) is 17.6 Å². The Kier molecular flexibility index (Phi) is 11.5. The summed E-state index contributed by atoms with van der Waals surface area (Å²) in [5, 5.41) is 9.63. The number of sulfone groups is 1. The first-order valence-corrected chi connectivity index (χ1v) is 19.2. The molecular weight excluding hydrogens is 679 g/mol. The van der Waals surface area contributed by atoms with E-state index in [0.717, 1.165) is 19.3 Å². The van der Waals surface area contributed by atoms with E-state index < -0.39 is 98.1 Å². The number of nitrogens with zero attached hydrogens (tertiary/aromatic N) is 1. The van der Waals surface area contributed by atoms with E-state index in [1.54, 1.807) is 20.8 Å². The Morgan fingerprint density at radius 3 is 2.18 bits per heavy atom. The number of nitrogens with one attached hydrogen (secondary N) is 4. The van der Waals surface area contributed by atoms with E-state index in [1.165, 1.54) is 11.0 Å². The standard InChI is InChI=1S/C34H52F3N5O7S/c1-7-17-38-28(45)25(43)21(13-16-34(35,36)37)39-27(44)24-23-20(32(23,5)6)19-42(24)29(46)26(31(2,3)4)40-30(47)41-33(14-9-8-10-15-33)22-12-11-18-50(22,48)49/h7,20-24,26H,1,8-19H2,2-6H3,(H,38,45)(H,39,44)(H2,40,41,47)/t20?,21?,22?,23?,24?,26-/m1/s1. The lowest BCUT2D eigenvalue weighted by Gasteiger charge is -2.43. The van der Waals surface area contributed by atoms with Gasteiger partial charge in [0.05, 0.1) is 22.6 Å². The summed E-state index contributed by atoms with van der Waals surface area (Å²) in [6, 6.07) is -4.85. The number of fused-ring (bicyclic) bond motifs is 1. The summed E-state index contributed by atoms with van der Waals surface area (Å²) in [5.41, 5.74) is -2.25. The Morgan fingerprint density at radius 2 is 1.64 bits per heavy atom. The van der Waals surface area contributed by atoms with Gasteiger partial charge in [0.15, 0.2) is 9.84 Å². The summed E-state index contributed by atoms with van der Waals surface area (Å²) < 4.78 is 65.6. The van der Waals surface area contributed by atoms with Crippen molar-refractivity contribution >= 4 is 39.4 Å². The summed E-state index contributed by atoms with van der Waals surface area (Å²) >= 11 is 0. The smallest absolute Gasteiger partial charge is 0.346 e. The maximum absolute atomic E-state index is 14.4. The van der Waals surface area contributed by atoms with Crippen molar-refractivity contribution in [2.45, 2.75) is 127 Å². The third-order valence-electron chi connectivity index (χ3n) is 11.2. The monoisotopic (exact) mass is 731 g/mol. The Morgan fingerprint density at radius 1 is 1.00 bits per heavy atom. The molecular formula is C34H52F3N5O7S. The zero-order chi connectivity index (χ0) is 37.4. The Hall–Kier alpha value is -3.17. The first-order valence-electron chi connectivity index (χ1n) is 17.5. The SMILES string of the molecule is C=CCNC(=O)C(=O)C(CCC(F)(F)F)NC(=O)C1C2C(CN1C(=O)[C@@H](NC(=O)NC1(C3CCCS3(=O)=O)CCCCC1)C(C)(C)C)C2(C)C. The van der Waals surface area contributed by atoms with Gasteiger partial charge >= 0.3 is 12.2 Å². The molecule has 2 aliphatic carbocycles. The Bertz CT molecular complexity index is 1470. The first kappa shape index (κ1) is 39.6. The van der Waals surface area contributed by atoms with E-state index in [4.69, 9.17) is 0 Å². The fourth-order valence-electron chi connectivity index (χ4n) is 8.39. The van der Waals surface area contributed by atoms with Crippen LogP contribution in [0.15, 0.2) is 12.7 Å². The zero-order valence-electron chi connectivity index (χ0n) is 29.6. The number of rotatable bonds is 12. The number of ketones is 1. The molecule has 4 N–H and O–H groups in total. The van der Waals surface area contributed by atoms with Crippen LogP contribution in [0.25, 0.3) is 0 Å². The van der Waals surface area contributed by atoms with Crippen molar-refractivity contribution in [1.82, 2.24) is 26.2 Å². The van der Waals surface area contributed by atoms with Crippen LogP contribution in [0.1, 0.15) is 92.4 Å². The minimum atomic E-state index is -4.66. The molecule has 5 amide bonds. The molecule has 4 aliphatic rings. The molecule has 2 aliphatic heterocycles. The molecule has 2 saturated carbocycles. The van der Waals surface area contributed by atoms with Gasteiger partial charge in [0.25, 0.3) is 5.91 Å². The molecule has 2 saturated heterocycles. The summed E-state index contributed by atoms with van der Waals surface area (Å²) in [6.45, 7) is 12.5. The van der Waals surface area contributed by atoms with Crippen molar-refractivity contribution in [3.8, 4) is 0 Å². The van der Waals surface area contributed by atoms with Gasteiger partial charge in [0.1, 0.15) is 12.1 Å². The van der Waals surface area contributed by atoms with E-state index in [0.29, 0.717) is 25.7 Å². The molecule has 4 rings (SSSR count). The van der Waals surface area contributed by atoms with Gasteiger partial charge < -0.3 is 26.2 Å². The lowest BCUT2D eigenvalue weighted by atomic mass is 9.78. The maximum atomic E-state index is 14.4. The van der Waals surface area contributed by atoms with E-state index >= 15 is 0 Å². The molecule has 12 nitrogen and oxygen atoms in total. The Balaban J connectivity index is 1.57. The van der Waals surface area contributed by atoms with Crippen LogP contribution in [-0.4, -0.2) is 96.8 Å². The highest BCUT2D eigenvalue weighted by atomic mass is 32.2. The highest BCUT2D eigenvalue weighted by Gasteiger charge is 2.70. The van der Waals surface area contributed by atoms with Crippen LogP contribution in [0.4, 0.5) is 18.0 Å². The van der Waals surface area contributed by atoms with Gasteiger partial charge in [-0.15, -0.1) is 6.58 Å². The number of carbonyl (C=O) groups is 5. The molecule has 5 unspecified atom stereocenters. The van der Waals surface area contributed by atoms with E-state index in [-0.39, 0.29) is 30.7 Å². The van der Waals surface area contributed by atoms with Crippen LogP contribution in [0.2, 0.25) is 0 Å². The van der Waals surface area contributed by atoms with Crippen LogP contribution < -0.4 is 21.3 Å². The average molecular weight is 732 g/mol. The number of urea groups is 1. The predicted molar refractivity (Wildman–Crippen MR) is 179 cm³/mol. The molecule has 282 valence electrons. The number of alkyl halides is 3. The van der Waals surface area contributed by atoms with Gasteiger partial charge in [-0.2, -0.15) is 13.2 Å². The normalized spacial score (nSPS) is 27.6. The first-order chi connectivity index (χ1) is 23.1. The molecule has 4 fully saturated rings. The number of piperidine rings is 1. The highest BCUT2D eigenvalue weighted by molar-refractivity contribution is 7.92. The molecule has 0 aromatic heterocycles. The summed E-state index contributed by atoms with van der Waals surface area (Å²) in [5.74, 6) is -4.33. The lowest BCUT2D eigenvalue weighted by molar-refractivity contribution is -0.148. The highest BCUT2D eigenvalue weighted by Crippen LogP contribution is 2.65. The minimum absolute atomic E-state index is 0.0606. The number of hydrogen-bond donors (Lipinski definition) is 4. The molecule has 16 heteroatoms. The molecule has 2 heterocycles. The molecule has 0 aromatic rings. The maximum Gasteiger partial charge on any atom is 0.389 e. The van der Waals surface area contributed by atoms with Gasteiger partial charge in [-0.3, -0.25) is 19.2 Å². The van der Waals surface area contributed by atoms with Crippen molar-refractivity contribution in [3.05, 3.63) is 12.7 Å². The second-order valence-electron chi connectivity index (χ2n) is 16.1. The van der Waals surface area contributed by atoms with Crippen LogP contribution in [0.3, 0.4) is 0 Å². The fourth-order valence-corrected chi connectivity index (χ4v) is 10.7. The second-order valence-corrected chi connectivity index (χ2v) is 18.4. The van der Waals surface area contributed by atoms with Crippen LogP contribution in [0, 0.1) is 22.7 Å². The zero-order valence-corrected chi connectivity index (χ0v) is 30.4. The van der Waals surface area contributed by atoms with Crippen LogP contribution in [-0.2, 0) is 29.0 Å². The van der Waals surface area contributed by atoms with E-state index in [1.807, 2.05) is 13.8 Å². The number of carbonyl (C=O) groups excluding carboxylic acids is 5. The molecule has 0 spiro atoms. The number of halogens is 3. The number of amides is 5. The van der Waals surface area contributed by atoms with E-state index in [2.05, 4.69) is 27.8 Å². The number of likely N-dealkylation sites (tertiary alicyclic amines) is 1. The van der Waals surface area contributed by atoms with Crippen LogP contribution in [0.5, 0.6) is 0 Å². The van der Waals surface area contributed by atoms with Gasteiger partial charge in [-0.25, -0.2) is 13.2 Å². The third-order valence-corrected chi connectivity index (χ3v) is 13.6. The fraction of sp³-hybridized carbons (Fsp3) is 0.794. The molecule has 0 aromatic carbocycles. The van der Waals surface area contributed by atoms with Gasteiger partial charge in [0, 0.05) is 19.5 Å². The third kappa shape index (κ3) is 8.47. The van der Waals surface area contributed by atoms with Crippen molar-refractivity contribution in [2.24, 2.45) is 22.7 Å². The second kappa shape index (κ2) is 14.5. The van der Waals surface area contributed by atoms with Gasteiger partial charge in [-0.1, -0.05) is 60.0 Å².